The molecule has 8 heavy (non-hydrogen) atoms. The largest absolute Gasteiger partial charge is 0.328 e. The summed E-state index contributed by atoms with van der Waals surface area (Å²) in [7, 11) is 0. The molecule has 0 spiro atoms. The van der Waals surface area contributed by atoms with Crippen LogP contribution in [0.5, 0.6) is 0 Å². The lowest BCUT2D eigenvalue weighted by Gasteiger charge is -2.09. The zero-order valence-corrected chi connectivity index (χ0v) is 8.49. The molecule has 5 heteroatoms. The molecule has 1 aliphatic heterocycles. The minimum atomic E-state index is -0.756. The van der Waals surface area contributed by atoms with Crippen LogP contribution < -0.4 is 0 Å². The Balaban J connectivity index is 2.44. The summed E-state index contributed by atoms with van der Waals surface area (Å²) in [6.45, 7) is 0.552. The van der Waals surface area contributed by atoms with Crippen molar-refractivity contribution in [3.63, 3.8) is 0 Å². The van der Waals surface area contributed by atoms with Gasteiger partial charge in [-0.3, -0.25) is 0 Å². The van der Waals surface area contributed by atoms with Crippen LogP contribution in [0.2, 0.25) is 0 Å². The molecule has 0 radical (unpaired) electrons. The van der Waals surface area contributed by atoms with Gasteiger partial charge in [0.2, 0.25) is 0 Å². The van der Waals surface area contributed by atoms with E-state index in [2.05, 4.69) is 47.8 Å². The topological polar surface area (TPSA) is 18.5 Å². The molecule has 0 aromatic heterocycles. The van der Waals surface area contributed by atoms with Gasteiger partial charge in [0.1, 0.15) is 5.01 Å². The molecule has 1 atom stereocenters. The van der Waals surface area contributed by atoms with E-state index in [0.717, 1.165) is 0 Å². The predicted octanol–water partition coefficient (Wildman–Crippen LogP) is 2.16. The maximum atomic E-state index is 5.08. The summed E-state index contributed by atoms with van der Waals surface area (Å²) < 4.78 is 9.34. The van der Waals surface area contributed by atoms with E-state index in [-0.39, 0.29) is 5.01 Å². The zero-order chi connectivity index (χ0) is 6.20. The fraction of sp³-hybridized carbons (Fsp3) is 1.00. The first-order chi connectivity index (χ1) is 3.60. The third-order valence-electron chi connectivity index (χ3n) is 0.647. The van der Waals surface area contributed by atoms with Gasteiger partial charge in [0, 0.05) is 0 Å². The van der Waals surface area contributed by atoms with Crippen LogP contribution in [0, 0.1) is 0 Å². The molecule has 1 heterocycles. The third-order valence-corrected chi connectivity index (χ3v) is 1.93. The Kier molecular flexibility index (Phi) is 2.37. The molecule has 2 nitrogen and oxygen atoms in total. The number of hydrogen-bond donors (Lipinski definition) is 0. The Bertz CT molecular complexity index is 94.5. The van der Waals surface area contributed by atoms with Crippen molar-refractivity contribution >= 4 is 47.8 Å². The quantitative estimate of drug-likeness (QED) is 0.638. The Labute approximate surface area is 72.3 Å². The van der Waals surface area contributed by atoms with Crippen LogP contribution >= 0.6 is 47.8 Å². The van der Waals surface area contributed by atoms with Gasteiger partial charge in [0.05, 0.1) is 6.61 Å². The second-order valence-corrected chi connectivity index (χ2v) is 5.48. The van der Waals surface area contributed by atoms with Gasteiger partial charge in [-0.05, 0) is 31.9 Å². The van der Waals surface area contributed by atoms with Crippen molar-refractivity contribution in [1.82, 2.24) is 0 Å². The molecule has 0 saturated carbocycles. The SMILES string of the molecule is BrC1COC(Br)(Br)O1. The smallest absolute Gasteiger partial charge is 0.286 e. The van der Waals surface area contributed by atoms with Crippen LogP contribution in [-0.2, 0) is 9.47 Å². The highest BCUT2D eigenvalue weighted by Crippen LogP contribution is 2.37. The molecule has 0 aromatic carbocycles. The Morgan fingerprint density at radius 1 is 1.50 bits per heavy atom. The van der Waals surface area contributed by atoms with E-state index in [9.17, 15) is 0 Å². The summed E-state index contributed by atoms with van der Waals surface area (Å²) in [6, 6.07) is 0. The zero-order valence-electron chi connectivity index (χ0n) is 3.73. The summed E-state index contributed by atoms with van der Waals surface area (Å²) >= 11 is 9.46. The van der Waals surface area contributed by atoms with Crippen LogP contribution in [0.15, 0.2) is 0 Å². The standard InChI is InChI=1S/C3H3Br3O2/c4-2-1-7-3(5,6)8-2/h2H,1H2. The van der Waals surface area contributed by atoms with Crippen LogP contribution in [-0.4, -0.2) is 15.2 Å². The predicted molar refractivity (Wildman–Crippen MR) is 40.3 cm³/mol. The van der Waals surface area contributed by atoms with Gasteiger partial charge in [-0.2, -0.15) is 0 Å². The second kappa shape index (κ2) is 2.54. The molecular weight excluding hydrogens is 308 g/mol. The fourth-order valence-electron chi connectivity index (χ4n) is 0.379. The highest BCUT2D eigenvalue weighted by Gasteiger charge is 2.35. The van der Waals surface area contributed by atoms with E-state index >= 15 is 0 Å². The molecule has 0 bridgehead atoms. The lowest BCUT2D eigenvalue weighted by atomic mass is 10.8. The second-order valence-electron chi connectivity index (χ2n) is 1.30. The minimum absolute atomic E-state index is 0.0127. The normalized spacial score (nSPS) is 35.6. The van der Waals surface area contributed by atoms with Gasteiger partial charge in [-0.1, -0.05) is 15.9 Å². The van der Waals surface area contributed by atoms with Gasteiger partial charge in [0.15, 0.2) is 0 Å². The first kappa shape index (κ1) is 7.47. The molecule has 1 rings (SSSR count). The monoisotopic (exact) mass is 308 g/mol. The number of ether oxygens (including phenoxy) is 2. The average molecular weight is 311 g/mol. The van der Waals surface area contributed by atoms with E-state index in [4.69, 9.17) is 9.47 Å². The van der Waals surface area contributed by atoms with Gasteiger partial charge in [-0.25, -0.2) is 0 Å². The molecule has 1 aliphatic rings. The van der Waals surface area contributed by atoms with Crippen molar-refractivity contribution in [3.05, 3.63) is 0 Å². The summed E-state index contributed by atoms with van der Waals surface area (Å²) in [5.74, 6) is 0. The van der Waals surface area contributed by atoms with Crippen LogP contribution in [0.25, 0.3) is 0 Å². The van der Waals surface area contributed by atoms with Gasteiger partial charge < -0.3 is 9.47 Å². The van der Waals surface area contributed by atoms with Crippen LogP contribution in [0.4, 0.5) is 0 Å². The van der Waals surface area contributed by atoms with E-state index in [1.165, 1.54) is 0 Å². The van der Waals surface area contributed by atoms with Crippen molar-refractivity contribution < 1.29 is 9.47 Å². The van der Waals surface area contributed by atoms with E-state index in [0.29, 0.717) is 6.61 Å². The molecule has 0 aliphatic carbocycles. The van der Waals surface area contributed by atoms with Crippen molar-refractivity contribution in [2.75, 3.05) is 6.61 Å². The van der Waals surface area contributed by atoms with E-state index in [1.807, 2.05) is 0 Å². The Morgan fingerprint density at radius 3 is 2.25 bits per heavy atom. The summed E-state index contributed by atoms with van der Waals surface area (Å²) in [6.07, 6.45) is 0. The fourth-order valence-corrected chi connectivity index (χ4v) is 1.99. The maximum Gasteiger partial charge on any atom is 0.286 e. The molecule has 0 amide bonds. The number of rotatable bonds is 0. The van der Waals surface area contributed by atoms with Gasteiger partial charge >= 0.3 is 0 Å². The molecule has 0 aromatic rings. The van der Waals surface area contributed by atoms with Crippen molar-refractivity contribution in [1.29, 1.82) is 0 Å². The summed E-state index contributed by atoms with van der Waals surface area (Å²) in [5, 5.41) is -0.0127. The third kappa shape index (κ3) is 1.95. The number of alkyl halides is 3. The number of hydrogen-bond acceptors (Lipinski definition) is 2. The lowest BCUT2D eigenvalue weighted by molar-refractivity contribution is 0.0119. The van der Waals surface area contributed by atoms with E-state index < -0.39 is 3.61 Å². The van der Waals surface area contributed by atoms with Crippen LogP contribution in [0.1, 0.15) is 0 Å². The lowest BCUT2D eigenvalue weighted by Crippen LogP contribution is -2.10. The van der Waals surface area contributed by atoms with Crippen LogP contribution in [0.3, 0.4) is 0 Å². The minimum Gasteiger partial charge on any atom is -0.328 e. The molecular formula is C3H3Br3O2. The molecule has 1 unspecified atom stereocenters. The average Bonchev–Trinajstić information content (AvgIpc) is 1.82. The summed E-state index contributed by atoms with van der Waals surface area (Å²) in [4.78, 5) is 0. The Hall–Kier alpha value is 1.36. The first-order valence-corrected chi connectivity index (χ1v) is 4.44. The molecule has 0 N–H and O–H groups in total. The highest BCUT2D eigenvalue weighted by atomic mass is 79.9. The van der Waals surface area contributed by atoms with Crippen molar-refractivity contribution in [2.24, 2.45) is 0 Å². The van der Waals surface area contributed by atoms with E-state index in [1.54, 1.807) is 0 Å². The highest BCUT2D eigenvalue weighted by molar-refractivity contribution is 9.25. The summed E-state index contributed by atoms with van der Waals surface area (Å²) in [5.41, 5.74) is 0. The van der Waals surface area contributed by atoms with Crippen molar-refractivity contribution in [2.45, 2.75) is 8.62 Å². The molecule has 1 saturated heterocycles. The maximum absolute atomic E-state index is 5.08. The van der Waals surface area contributed by atoms with Gasteiger partial charge in [-0.15, -0.1) is 0 Å². The van der Waals surface area contributed by atoms with Crippen molar-refractivity contribution in [3.8, 4) is 0 Å². The Morgan fingerprint density at radius 2 is 2.12 bits per heavy atom. The molecule has 1 fully saturated rings. The number of halogens is 3. The van der Waals surface area contributed by atoms with Gasteiger partial charge in [0.25, 0.3) is 3.61 Å². The first-order valence-electron chi connectivity index (χ1n) is 1.94. The molecule has 48 valence electrons.